The van der Waals surface area contributed by atoms with E-state index in [2.05, 4.69) is 0 Å². The van der Waals surface area contributed by atoms with E-state index in [1.807, 2.05) is 13.0 Å². The van der Waals surface area contributed by atoms with Gasteiger partial charge in [-0.25, -0.2) is 9.18 Å². The molecule has 1 aliphatic heterocycles. The van der Waals surface area contributed by atoms with Gasteiger partial charge in [-0.1, -0.05) is 19.4 Å². The Kier molecular flexibility index (Phi) is 6.83. The van der Waals surface area contributed by atoms with E-state index < -0.39 is 17.7 Å². The number of nitrogens with zero attached hydrogens (tertiary/aromatic N) is 1. The summed E-state index contributed by atoms with van der Waals surface area (Å²) >= 11 is 0. The summed E-state index contributed by atoms with van der Waals surface area (Å²) < 4.78 is 30.1. The van der Waals surface area contributed by atoms with Crippen molar-refractivity contribution in [3.63, 3.8) is 0 Å². The average molecular weight is 374 g/mol. The largest absolute Gasteiger partial charge is 0.493 e. The van der Waals surface area contributed by atoms with Crippen LogP contribution in [-0.2, 0) is 14.3 Å². The maximum atomic E-state index is 13.8. The summed E-state index contributed by atoms with van der Waals surface area (Å²) in [5.74, 6) is -1.57. The number of carbonyl (C=O) groups excluding carboxylic acids is 1. The van der Waals surface area contributed by atoms with Gasteiger partial charge in [-0.2, -0.15) is 5.26 Å². The van der Waals surface area contributed by atoms with Crippen LogP contribution in [0.1, 0.15) is 45.1 Å². The van der Waals surface area contributed by atoms with Crippen LogP contribution in [0.4, 0.5) is 4.39 Å². The fourth-order valence-electron chi connectivity index (χ4n) is 2.86. The molecule has 0 aromatic heterocycles. The molecule has 0 amide bonds. The summed E-state index contributed by atoms with van der Waals surface area (Å²) in [6, 6.07) is 5.98. The first-order valence-electron chi connectivity index (χ1n) is 8.82. The molecule has 1 aromatic carbocycles. The number of rotatable bonds is 7. The van der Waals surface area contributed by atoms with Crippen LogP contribution in [0.15, 0.2) is 41.0 Å². The predicted molar refractivity (Wildman–Crippen MR) is 96.8 cm³/mol. The zero-order valence-electron chi connectivity index (χ0n) is 15.7. The van der Waals surface area contributed by atoms with Crippen LogP contribution in [0, 0.1) is 17.1 Å². The maximum Gasteiger partial charge on any atom is 0.338 e. The summed E-state index contributed by atoms with van der Waals surface area (Å²) in [5, 5.41) is 9.61. The second kappa shape index (κ2) is 9.08. The summed E-state index contributed by atoms with van der Waals surface area (Å²) in [4.78, 5) is 12.6. The highest BCUT2D eigenvalue weighted by molar-refractivity contribution is 5.92. The molecule has 2 N–H and O–H groups in total. The molecule has 0 saturated heterocycles. The van der Waals surface area contributed by atoms with E-state index in [0.717, 1.165) is 12.8 Å². The van der Waals surface area contributed by atoms with Crippen molar-refractivity contribution in [3.05, 3.63) is 52.4 Å². The highest BCUT2D eigenvalue weighted by Crippen LogP contribution is 2.43. The van der Waals surface area contributed by atoms with E-state index in [0.29, 0.717) is 12.2 Å². The van der Waals surface area contributed by atoms with Crippen LogP contribution in [0.25, 0.3) is 0 Å². The number of benzene rings is 1. The fourth-order valence-corrected chi connectivity index (χ4v) is 2.86. The number of halogens is 1. The van der Waals surface area contributed by atoms with Gasteiger partial charge in [0, 0.05) is 11.6 Å². The van der Waals surface area contributed by atoms with Crippen LogP contribution in [0.2, 0.25) is 0 Å². The third kappa shape index (κ3) is 4.40. The van der Waals surface area contributed by atoms with Crippen LogP contribution in [0.5, 0.6) is 5.75 Å². The van der Waals surface area contributed by atoms with Gasteiger partial charge in [0.1, 0.15) is 29.0 Å². The summed E-state index contributed by atoms with van der Waals surface area (Å²) in [5.41, 5.74) is 6.53. The molecule has 2 rings (SSSR count). The summed E-state index contributed by atoms with van der Waals surface area (Å²) in [6.45, 7) is 5.80. The Bertz CT molecular complexity index is 824. The topological polar surface area (TPSA) is 94.6 Å². The van der Waals surface area contributed by atoms with Gasteiger partial charge in [-0.15, -0.1) is 0 Å². The highest BCUT2D eigenvalue weighted by Gasteiger charge is 2.38. The molecule has 6 nitrogen and oxygen atoms in total. The smallest absolute Gasteiger partial charge is 0.338 e. The Morgan fingerprint density at radius 3 is 2.78 bits per heavy atom. The van der Waals surface area contributed by atoms with E-state index in [1.54, 1.807) is 13.8 Å². The summed E-state index contributed by atoms with van der Waals surface area (Å²) in [7, 11) is 0. The van der Waals surface area contributed by atoms with Crippen LogP contribution < -0.4 is 10.5 Å². The molecule has 1 aromatic rings. The Morgan fingerprint density at radius 1 is 1.41 bits per heavy atom. The van der Waals surface area contributed by atoms with E-state index in [4.69, 9.17) is 19.9 Å². The molecule has 0 bridgehead atoms. The molecular weight excluding hydrogens is 351 g/mol. The first kappa shape index (κ1) is 20.3. The molecule has 1 aliphatic rings. The maximum absolute atomic E-state index is 13.8. The molecule has 27 heavy (non-hydrogen) atoms. The van der Waals surface area contributed by atoms with Crippen molar-refractivity contribution in [2.45, 2.75) is 39.5 Å². The predicted octanol–water partition coefficient (Wildman–Crippen LogP) is 3.65. The standard InChI is InChI=1S/C20H23FN2O4/c1-4-6-9-26-16-10-13(21)7-8-14(16)18-15(11-22)19(23)27-12(3)17(18)20(24)25-5-2/h7-8,10,18H,4-6,9,23H2,1-3H3. The quantitative estimate of drug-likeness (QED) is 0.578. The number of carbonyl (C=O) groups is 1. The zero-order chi connectivity index (χ0) is 20.0. The first-order chi connectivity index (χ1) is 12.9. The molecule has 1 heterocycles. The molecule has 0 fully saturated rings. The van der Waals surface area contributed by atoms with E-state index in [9.17, 15) is 14.4 Å². The molecule has 1 unspecified atom stereocenters. The van der Waals surface area contributed by atoms with Crippen molar-refractivity contribution in [1.29, 1.82) is 5.26 Å². The van der Waals surface area contributed by atoms with Crippen LogP contribution >= 0.6 is 0 Å². The molecule has 0 aliphatic carbocycles. The third-order valence-corrected chi connectivity index (χ3v) is 4.14. The Morgan fingerprint density at radius 2 is 2.15 bits per heavy atom. The molecule has 0 spiro atoms. The average Bonchev–Trinajstić information content (AvgIpc) is 2.62. The lowest BCUT2D eigenvalue weighted by molar-refractivity contribution is -0.139. The SMILES string of the molecule is CCCCOc1cc(F)ccc1C1C(C#N)=C(N)OC(C)=C1C(=O)OCC. The van der Waals surface area contributed by atoms with Gasteiger partial charge in [0.05, 0.1) is 24.7 Å². The monoisotopic (exact) mass is 374 g/mol. The van der Waals surface area contributed by atoms with Gasteiger partial charge in [0.25, 0.3) is 0 Å². The van der Waals surface area contributed by atoms with Gasteiger partial charge in [-0.05, 0) is 26.3 Å². The van der Waals surface area contributed by atoms with Crippen molar-refractivity contribution in [2.75, 3.05) is 13.2 Å². The minimum Gasteiger partial charge on any atom is -0.493 e. The number of allylic oxidation sites excluding steroid dienone is 2. The molecule has 144 valence electrons. The van der Waals surface area contributed by atoms with Crippen molar-refractivity contribution in [2.24, 2.45) is 5.73 Å². The van der Waals surface area contributed by atoms with Crippen molar-refractivity contribution in [3.8, 4) is 11.8 Å². The lowest BCUT2D eigenvalue weighted by Gasteiger charge is -2.28. The van der Waals surface area contributed by atoms with E-state index in [-0.39, 0.29) is 35.1 Å². The first-order valence-corrected chi connectivity index (χ1v) is 8.82. The molecule has 0 radical (unpaired) electrons. The molecular formula is C20H23FN2O4. The fraction of sp³-hybridized carbons (Fsp3) is 0.400. The van der Waals surface area contributed by atoms with E-state index in [1.165, 1.54) is 18.2 Å². The summed E-state index contributed by atoms with van der Waals surface area (Å²) in [6.07, 6.45) is 1.69. The van der Waals surface area contributed by atoms with Crippen LogP contribution in [-0.4, -0.2) is 19.2 Å². The van der Waals surface area contributed by atoms with Crippen LogP contribution in [0.3, 0.4) is 0 Å². The Hall–Kier alpha value is -3.01. The third-order valence-electron chi connectivity index (χ3n) is 4.14. The molecule has 0 saturated carbocycles. The van der Waals surface area contributed by atoms with Crippen molar-refractivity contribution >= 4 is 5.97 Å². The minimum atomic E-state index is -0.861. The second-order valence-corrected chi connectivity index (χ2v) is 6.00. The lowest BCUT2D eigenvalue weighted by atomic mass is 9.82. The van der Waals surface area contributed by atoms with Gasteiger partial charge < -0.3 is 19.9 Å². The molecule has 7 heteroatoms. The van der Waals surface area contributed by atoms with Gasteiger partial charge in [-0.3, -0.25) is 0 Å². The van der Waals surface area contributed by atoms with E-state index >= 15 is 0 Å². The second-order valence-electron chi connectivity index (χ2n) is 6.00. The number of esters is 1. The number of hydrogen-bond acceptors (Lipinski definition) is 6. The van der Waals surface area contributed by atoms with Gasteiger partial charge in [0.15, 0.2) is 0 Å². The lowest BCUT2D eigenvalue weighted by Crippen LogP contribution is -2.26. The van der Waals surface area contributed by atoms with Gasteiger partial charge >= 0.3 is 5.97 Å². The Labute approximate surface area is 158 Å². The number of nitrogens with two attached hydrogens (primary N) is 1. The number of hydrogen-bond donors (Lipinski definition) is 1. The van der Waals surface area contributed by atoms with Crippen molar-refractivity contribution < 1.29 is 23.4 Å². The van der Waals surface area contributed by atoms with Crippen molar-refractivity contribution in [1.82, 2.24) is 0 Å². The minimum absolute atomic E-state index is 0.0515. The Balaban J connectivity index is 2.61. The highest BCUT2D eigenvalue weighted by atomic mass is 19.1. The molecule has 1 atom stereocenters. The normalized spacial score (nSPS) is 16.6. The number of nitriles is 1. The number of unbranched alkanes of at least 4 members (excludes halogenated alkanes) is 1. The zero-order valence-corrected chi connectivity index (χ0v) is 15.7. The number of ether oxygens (including phenoxy) is 3. The van der Waals surface area contributed by atoms with Gasteiger partial charge in [0.2, 0.25) is 5.88 Å².